The molecule has 1 aromatic carbocycles. The summed E-state index contributed by atoms with van der Waals surface area (Å²) in [6.07, 6.45) is 4.28. The van der Waals surface area contributed by atoms with Crippen LogP contribution in [0.1, 0.15) is 30.2 Å². The number of benzene rings is 1. The third-order valence-corrected chi connectivity index (χ3v) is 5.22. The molecule has 1 unspecified atom stereocenters. The van der Waals surface area contributed by atoms with Gasteiger partial charge in [0.1, 0.15) is 5.76 Å². The maximum Gasteiger partial charge on any atom is 0.191 e. The van der Waals surface area contributed by atoms with Crippen LogP contribution < -0.4 is 10.6 Å². The molecule has 3 rings (SSSR count). The Kier molecular flexibility index (Phi) is 10.5. The van der Waals surface area contributed by atoms with Gasteiger partial charge in [-0.3, -0.25) is 9.89 Å². The number of nitrogens with one attached hydrogen (secondary N) is 2. The maximum absolute atomic E-state index is 5.69. The van der Waals surface area contributed by atoms with Crippen LogP contribution in [0.5, 0.6) is 0 Å². The minimum atomic E-state index is 0. The second kappa shape index (κ2) is 12.9. The van der Waals surface area contributed by atoms with Gasteiger partial charge in [-0.15, -0.1) is 24.0 Å². The van der Waals surface area contributed by atoms with Crippen molar-refractivity contribution in [1.29, 1.82) is 0 Å². The second-order valence-electron chi connectivity index (χ2n) is 7.38. The third kappa shape index (κ3) is 7.64. The molecule has 0 aliphatic carbocycles. The van der Waals surface area contributed by atoms with Crippen LogP contribution in [-0.4, -0.2) is 62.6 Å². The quantitative estimate of drug-likeness (QED) is 0.308. The molecule has 2 heterocycles. The highest BCUT2D eigenvalue weighted by Crippen LogP contribution is 2.24. The molecule has 0 spiro atoms. The Balaban J connectivity index is 0.00000300. The molecule has 0 amide bonds. The van der Waals surface area contributed by atoms with E-state index in [1.807, 2.05) is 13.1 Å². The van der Waals surface area contributed by atoms with Crippen molar-refractivity contribution in [3.05, 3.63) is 60.1 Å². The van der Waals surface area contributed by atoms with Crippen LogP contribution in [0.4, 0.5) is 0 Å². The van der Waals surface area contributed by atoms with Gasteiger partial charge in [0.25, 0.3) is 0 Å². The molecule has 0 bridgehead atoms. The van der Waals surface area contributed by atoms with Crippen molar-refractivity contribution in [2.24, 2.45) is 4.99 Å². The average molecular weight is 511 g/mol. The molecule has 29 heavy (non-hydrogen) atoms. The van der Waals surface area contributed by atoms with Crippen molar-refractivity contribution in [2.45, 2.75) is 25.4 Å². The van der Waals surface area contributed by atoms with Gasteiger partial charge in [0, 0.05) is 33.2 Å². The summed E-state index contributed by atoms with van der Waals surface area (Å²) in [6.45, 7) is 5.78. The molecule has 1 aliphatic heterocycles. The smallest absolute Gasteiger partial charge is 0.191 e. The Morgan fingerprint density at radius 1 is 1.14 bits per heavy atom. The van der Waals surface area contributed by atoms with E-state index in [1.165, 1.54) is 18.4 Å². The van der Waals surface area contributed by atoms with Gasteiger partial charge in [-0.2, -0.15) is 0 Å². The normalized spacial score (nSPS) is 15.9. The highest BCUT2D eigenvalue weighted by atomic mass is 127. The number of nitrogens with zero attached hydrogens (tertiary/aromatic N) is 3. The van der Waals surface area contributed by atoms with Crippen LogP contribution in [0.25, 0.3) is 0 Å². The van der Waals surface area contributed by atoms with Crippen LogP contribution in [0, 0.1) is 0 Å². The molecule has 7 heteroatoms. The van der Waals surface area contributed by atoms with Gasteiger partial charge in [-0.05, 0) is 50.7 Å². The lowest BCUT2D eigenvalue weighted by Gasteiger charge is -2.27. The summed E-state index contributed by atoms with van der Waals surface area (Å²) in [7, 11) is 3.96. The molecule has 6 nitrogen and oxygen atoms in total. The van der Waals surface area contributed by atoms with Crippen molar-refractivity contribution < 1.29 is 4.42 Å². The number of rotatable bonds is 9. The fourth-order valence-corrected chi connectivity index (χ4v) is 3.70. The van der Waals surface area contributed by atoms with Gasteiger partial charge in [0.05, 0.1) is 12.3 Å². The molecule has 1 aliphatic rings. The van der Waals surface area contributed by atoms with Crippen LogP contribution in [0.2, 0.25) is 0 Å². The molecule has 2 N–H and O–H groups in total. The van der Waals surface area contributed by atoms with Crippen molar-refractivity contribution in [3.8, 4) is 0 Å². The van der Waals surface area contributed by atoms with Crippen molar-refractivity contribution in [1.82, 2.24) is 20.4 Å². The Hall–Kier alpha value is -1.58. The zero-order valence-electron chi connectivity index (χ0n) is 17.5. The van der Waals surface area contributed by atoms with Crippen molar-refractivity contribution in [3.63, 3.8) is 0 Å². The number of hydrogen-bond acceptors (Lipinski definition) is 4. The Morgan fingerprint density at radius 3 is 2.55 bits per heavy atom. The predicted octanol–water partition coefficient (Wildman–Crippen LogP) is 3.33. The molecular formula is C22H34IN5O. The summed E-state index contributed by atoms with van der Waals surface area (Å²) in [5, 5.41) is 6.90. The topological polar surface area (TPSA) is 56.0 Å². The first-order valence-corrected chi connectivity index (χ1v) is 10.2. The molecule has 1 saturated heterocycles. The molecule has 1 aromatic heterocycles. The first-order valence-electron chi connectivity index (χ1n) is 10.2. The zero-order chi connectivity index (χ0) is 19.6. The van der Waals surface area contributed by atoms with Crippen LogP contribution in [0.3, 0.4) is 0 Å². The molecular weight excluding hydrogens is 477 g/mol. The minimum absolute atomic E-state index is 0. The molecule has 0 radical (unpaired) electrons. The highest BCUT2D eigenvalue weighted by molar-refractivity contribution is 14.0. The molecule has 160 valence electrons. The standard InChI is InChI=1S/C22H33N5O.HI/c1-23-22(24-12-15-26(2)18-19-9-4-3-5-10-19)25-17-20(21-11-8-16-28-21)27-13-6-7-14-27;/h3-5,8-11,16,20H,6-7,12-15,17-18H2,1-2H3,(H2,23,24,25);1H. The minimum Gasteiger partial charge on any atom is -0.468 e. The third-order valence-electron chi connectivity index (χ3n) is 5.22. The van der Waals surface area contributed by atoms with E-state index < -0.39 is 0 Å². The van der Waals surface area contributed by atoms with Crippen LogP contribution in [-0.2, 0) is 6.54 Å². The Morgan fingerprint density at radius 2 is 1.90 bits per heavy atom. The summed E-state index contributed by atoms with van der Waals surface area (Å²) in [6, 6.07) is 14.8. The zero-order valence-corrected chi connectivity index (χ0v) is 19.8. The predicted molar refractivity (Wildman–Crippen MR) is 130 cm³/mol. The number of guanidine groups is 1. The van der Waals surface area contributed by atoms with E-state index in [9.17, 15) is 0 Å². The second-order valence-corrected chi connectivity index (χ2v) is 7.38. The van der Waals surface area contributed by atoms with Gasteiger partial charge in [-0.1, -0.05) is 30.3 Å². The van der Waals surface area contributed by atoms with Gasteiger partial charge < -0.3 is 20.0 Å². The number of aliphatic imine (C=N–C) groups is 1. The molecule has 1 fully saturated rings. The van der Waals surface area contributed by atoms with E-state index in [1.54, 1.807) is 6.26 Å². The van der Waals surface area contributed by atoms with Gasteiger partial charge in [-0.25, -0.2) is 0 Å². The fraction of sp³-hybridized carbons (Fsp3) is 0.500. The summed E-state index contributed by atoms with van der Waals surface area (Å²) in [5.74, 6) is 1.86. The maximum atomic E-state index is 5.69. The lowest BCUT2D eigenvalue weighted by atomic mass is 10.2. The van der Waals surface area contributed by atoms with E-state index in [0.29, 0.717) is 0 Å². The number of halogens is 1. The van der Waals surface area contributed by atoms with E-state index in [-0.39, 0.29) is 30.0 Å². The average Bonchev–Trinajstić information content (AvgIpc) is 3.42. The highest BCUT2D eigenvalue weighted by Gasteiger charge is 2.25. The van der Waals surface area contributed by atoms with Crippen molar-refractivity contribution in [2.75, 3.05) is 46.8 Å². The lowest BCUT2D eigenvalue weighted by Crippen LogP contribution is -2.44. The number of likely N-dealkylation sites (N-methyl/N-ethyl adjacent to an activating group) is 1. The fourth-order valence-electron chi connectivity index (χ4n) is 3.70. The van der Waals surface area contributed by atoms with Gasteiger partial charge in [0.15, 0.2) is 5.96 Å². The summed E-state index contributed by atoms with van der Waals surface area (Å²) in [4.78, 5) is 9.18. The van der Waals surface area contributed by atoms with E-state index in [4.69, 9.17) is 4.42 Å². The summed E-state index contributed by atoms with van der Waals surface area (Å²) in [5.41, 5.74) is 1.33. The lowest BCUT2D eigenvalue weighted by molar-refractivity contribution is 0.215. The Labute approximate surface area is 191 Å². The first-order chi connectivity index (χ1) is 13.8. The summed E-state index contributed by atoms with van der Waals surface area (Å²) >= 11 is 0. The van der Waals surface area contributed by atoms with E-state index in [0.717, 1.165) is 51.0 Å². The summed E-state index contributed by atoms with van der Waals surface area (Å²) < 4.78 is 5.69. The molecule has 2 aromatic rings. The number of hydrogen-bond donors (Lipinski definition) is 2. The molecule has 1 atom stereocenters. The van der Waals surface area contributed by atoms with E-state index in [2.05, 4.69) is 68.9 Å². The number of furan rings is 1. The largest absolute Gasteiger partial charge is 0.468 e. The molecule has 0 saturated carbocycles. The monoisotopic (exact) mass is 511 g/mol. The van der Waals surface area contributed by atoms with Crippen LogP contribution in [0.15, 0.2) is 58.1 Å². The Bertz CT molecular complexity index is 701. The number of likely N-dealkylation sites (tertiary alicyclic amines) is 1. The van der Waals surface area contributed by atoms with E-state index >= 15 is 0 Å². The van der Waals surface area contributed by atoms with Crippen molar-refractivity contribution >= 4 is 29.9 Å². The van der Waals surface area contributed by atoms with Gasteiger partial charge in [0.2, 0.25) is 0 Å². The SMILES string of the molecule is CN=C(NCCN(C)Cc1ccccc1)NCC(c1ccco1)N1CCCC1.I. The van der Waals surface area contributed by atoms with Gasteiger partial charge >= 0.3 is 0 Å². The van der Waals surface area contributed by atoms with Crippen LogP contribution >= 0.6 is 24.0 Å². The first kappa shape index (κ1) is 23.7.